The highest BCUT2D eigenvalue weighted by molar-refractivity contribution is 7.88. The molecule has 2 aliphatic rings. The Balaban J connectivity index is 1.51. The van der Waals surface area contributed by atoms with Gasteiger partial charge in [-0.3, -0.25) is 4.79 Å². The van der Waals surface area contributed by atoms with Gasteiger partial charge in [0.1, 0.15) is 0 Å². The number of aryl methyl sites for hydroxylation is 1. The normalized spacial score (nSPS) is 20.7. The van der Waals surface area contributed by atoms with Crippen LogP contribution < -0.4 is 4.90 Å². The van der Waals surface area contributed by atoms with E-state index in [4.69, 9.17) is 0 Å². The van der Waals surface area contributed by atoms with Gasteiger partial charge in [0.05, 0.1) is 11.9 Å². The first kappa shape index (κ1) is 18.1. The summed E-state index contributed by atoms with van der Waals surface area (Å²) in [4.78, 5) is 16.7. The average molecular weight is 367 g/mol. The fourth-order valence-corrected chi connectivity index (χ4v) is 4.24. The largest absolute Gasteiger partial charge is 0.355 e. The lowest BCUT2D eigenvalue weighted by Crippen LogP contribution is -2.52. The molecule has 0 aromatic carbocycles. The summed E-state index contributed by atoms with van der Waals surface area (Å²) in [5, 5.41) is 8.30. The highest BCUT2D eigenvalue weighted by Crippen LogP contribution is 2.23. The van der Waals surface area contributed by atoms with Gasteiger partial charge in [0, 0.05) is 45.2 Å². The van der Waals surface area contributed by atoms with Gasteiger partial charge in [0.2, 0.25) is 15.9 Å². The highest BCUT2D eigenvalue weighted by Gasteiger charge is 2.32. The molecule has 0 aliphatic carbocycles. The van der Waals surface area contributed by atoms with E-state index >= 15 is 0 Å². The number of piperazine rings is 1. The van der Waals surface area contributed by atoms with Crippen LogP contribution in [0.1, 0.15) is 18.5 Å². The van der Waals surface area contributed by atoms with Crippen molar-refractivity contribution in [3.8, 4) is 0 Å². The highest BCUT2D eigenvalue weighted by atomic mass is 32.2. The zero-order valence-corrected chi connectivity index (χ0v) is 15.6. The minimum Gasteiger partial charge on any atom is -0.355 e. The van der Waals surface area contributed by atoms with Crippen LogP contribution in [0.3, 0.4) is 0 Å². The topological polar surface area (TPSA) is 86.7 Å². The van der Waals surface area contributed by atoms with Gasteiger partial charge in [-0.1, -0.05) is 0 Å². The Bertz CT molecular complexity index is 706. The van der Waals surface area contributed by atoms with Crippen molar-refractivity contribution in [2.24, 2.45) is 5.92 Å². The minimum atomic E-state index is -3.17. The van der Waals surface area contributed by atoms with E-state index in [-0.39, 0.29) is 11.8 Å². The Morgan fingerprint density at radius 3 is 2.20 bits per heavy atom. The summed E-state index contributed by atoms with van der Waals surface area (Å²) < 4.78 is 24.6. The van der Waals surface area contributed by atoms with E-state index in [1.54, 1.807) is 0 Å². The number of anilines is 1. The van der Waals surface area contributed by atoms with Crippen molar-refractivity contribution in [1.29, 1.82) is 0 Å². The molecule has 1 aromatic rings. The van der Waals surface area contributed by atoms with Gasteiger partial charge in [0.15, 0.2) is 5.82 Å². The predicted octanol–water partition coefficient (Wildman–Crippen LogP) is 0.105. The summed E-state index contributed by atoms with van der Waals surface area (Å²) in [5.41, 5.74) is 0.891. The fourth-order valence-electron chi connectivity index (χ4n) is 3.41. The molecule has 138 valence electrons. The molecule has 0 unspecified atom stereocenters. The lowest BCUT2D eigenvalue weighted by atomic mass is 9.95. The van der Waals surface area contributed by atoms with Crippen molar-refractivity contribution in [2.45, 2.75) is 19.8 Å². The van der Waals surface area contributed by atoms with Gasteiger partial charge in [-0.05, 0) is 31.9 Å². The van der Waals surface area contributed by atoms with Gasteiger partial charge >= 0.3 is 0 Å². The molecule has 0 bridgehead atoms. The van der Waals surface area contributed by atoms with Gasteiger partial charge in [-0.15, -0.1) is 5.10 Å². The number of nitrogens with zero attached hydrogens (tertiary/aromatic N) is 5. The van der Waals surface area contributed by atoms with E-state index in [2.05, 4.69) is 15.1 Å². The molecule has 8 nitrogen and oxygen atoms in total. The molecule has 3 rings (SSSR count). The van der Waals surface area contributed by atoms with Crippen LogP contribution in [0.15, 0.2) is 12.1 Å². The lowest BCUT2D eigenvalue weighted by Gasteiger charge is -2.38. The SMILES string of the molecule is Cc1ccc(N2CCC(C(=O)N3CCN(S(C)(=O)=O)CC3)CC2)nn1. The molecule has 0 N–H and O–H groups in total. The molecule has 25 heavy (non-hydrogen) atoms. The van der Waals surface area contributed by atoms with Gasteiger partial charge in [-0.25, -0.2) is 8.42 Å². The minimum absolute atomic E-state index is 0.0134. The number of rotatable bonds is 3. The molecular formula is C16H25N5O3S. The molecular weight excluding hydrogens is 342 g/mol. The van der Waals surface area contributed by atoms with Crippen LogP contribution in [0, 0.1) is 12.8 Å². The van der Waals surface area contributed by atoms with Crippen LogP contribution in [0.2, 0.25) is 0 Å². The molecule has 2 saturated heterocycles. The van der Waals surface area contributed by atoms with Crippen LogP contribution in [-0.4, -0.2) is 79.3 Å². The van der Waals surface area contributed by atoms with E-state index in [1.807, 2.05) is 24.0 Å². The fraction of sp³-hybridized carbons (Fsp3) is 0.688. The van der Waals surface area contributed by atoms with Crippen molar-refractivity contribution >= 4 is 21.7 Å². The molecule has 2 aliphatic heterocycles. The standard InChI is InChI=1S/C16H25N5O3S/c1-13-3-4-15(18-17-13)19-7-5-14(6-8-19)16(22)20-9-11-21(12-10-20)25(2,23)24/h3-4,14H,5-12H2,1-2H3. The molecule has 9 heteroatoms. The van der Waals surface area contributed by atoms with Crippen molar-refractivity contribution in [2.75, 3.05) is 50.4 Å². The number of sulfonamides is 1. The Morgan fingerprint density at radius 1 is 1.04 bits per heavy atom. The molecule has 1 aromatic heterocycles. The van der Waals surface area contributed by atoms with Crippen molar-refractivity contribution in [3.63, 3.8) is 0 Å². The molecule has 1 amide bonds. The maximum Gasteiger partial charge on any atom is 0.225 e. The number of carbonyl (C=O) groups is 1. The molecule has 2 fully saturated rings. The Morgan fingerprint density at radius 2 is 1.68 bits per heavy atom. The summed E-state index contributed by atoms with van der Waals surface area (Å²) in [6.45, 7) is 5.23. The summed E-state index contributed by atoms with van der Waals surface area (Å²) >= 11 is 0. The number of hydrogen-bond donors (Lipinski definition) is 0. The van der Waals surface area contributed by atoms with Crippen LogP contribution in [-0.2, 0) is 14.8 Å². The number of hydrogen-bond acceptors (Lipinski definition) is 6. The van der Waals surface area contributed by atoms with Gasteiger partial charge in [-0.2, -0.15) is 9.40 Å². The predicted molar refractivity (Wildman–Crippen MR) is 94.7 cm³/mol. The molecule has 0 spiro atoms. The third kappa shape index (κ3) is 4.27. The van der Waals surface area contributed by atoms with Gasteiger partial charge in [0.25, 0.3) is 0 Å². The van der Waals surface area contributed by atoms with E-state index < -0.39 is 10.0 Å². The maximum absolute atomic E-state index is 12.7. The molecule has 0 radical (unpaired) electrons. The maximum atomic E-state index is 12.7. The number of aromatic nitrogens is 2. The van der Waals surface area contributed by atoms with Crippen molar-refractivity contribution in [3.05, 3.63) is 17.8 Å². The first-order valence-corrected chi connectivity index (χ1v) is 10.5. The second kappa shape index (κ2) is 7.25. The second-order valence-corrected chi connectivity index (χ2v) is 8.76. The first-order valence-electron chi connectivity index (χ1n) is 8.64. The van der Waals surface area contributed by atoms with E-state index in [1.165, 1.54) is 10.6 Å². The third-order valence-corrected chi connectivity index (χ3v) is 6.27. The third-order valence-electron chi connectivity index (χ3n) is 4.97. The Hall–Kier alpha value is -1.74. The quantitative estimate of drug-likeness (QED) is 0.753. The zero-order valence-electron chi connectivity index (χ0n) is 14.8. The Labute approximate surface area is 148 Å². The summed E-state index contributed by atoms with van der Waals surface area (Å²) in [5.74, 6) is 1.03. The van der Waals surface area contributed by atoms with E-state index in [9.17, 15) is 13.2 Å². The Kier molecular flexibility index (Phi) is 5.24. The van der Waals surface area contributed by atoms with E-state index in [0.29, 0.717) is 26.2 Å². The number of carbonyl (C=O) groups excluding carboxylic acids is 1. The molecule has 3 heterocycles. The molecule has 0 atom stereocenters. The number of amides is 1. The van der Waals surface area contributed by atoms with Gasteiger partial charge < -0.3 is 9.80 Å². The molecule has 0 saturated carbocycles. The van der Waals surface area contributed by atoms with Crippen molar-refractivity contribution in [1.82, 2.24) is 19.4 Å². The summed E-state index contributed by atoms with van der Waals surface area (Å²) in [6.07, 6.45) is 2.80. The average Bonchev–Trinajstić information content (AvgIpc) is 2.61. The number of piperidine rings is 1. The summed E-state index contributed by atoms with van der Waals surface area (Å²) in [6, 6.07) is 3.91. The summed E-state index contributed by atoms with van der Waals surface area (Å²) in [7, 11) is -3.17. The first-order chi connectivity index (χ1) is 11.8. The van der Waals surface area contributed by atoms with E-state index in [0.717, 1.165) is 37.4 Å². The lowest BCUT2D eigenvalue weighted by molar-refractivity contribution is -0.137. The van der Waals surface area contributed by atoms with Crippen LogP contribution in [0.5, 0.6) is 0 Å². The smallest absolute Gasteiger partial charge is 0.225 e. The van der Waals surface area contributed by atoms with Crippen LogP contribution >= 0.6 is 0 Å². The monoisotopic (exact) mass is 367 g/mol. The van der Waals surface area contributed by atoms with Crippen LogP contribution in [0.4, 0.5) is 5.82 Å². The van der Waals surface area contributed by atoms with Crippen LogP contribution in [0.25, 0.3) is 0 Å². The second-order valence-electron chi connectivity index (χ2n) is 6.78. The zero-order chi connectivity index (χ0) is 18.0. The van der Waals surface area contributed by atoms with Crippen molar-refractivity contribution < 1.29 is 13.2 Å².